The monoisotopic (exact) mass is 254 g/mol. The number of hydrogen-bond acceptors (Lipinski definition) is 3. The van der Waals surface area contributed by atoms with E-state index in [4.69, 9.17) is 15.8 Å². The van der Waals surface area contributed by atoms with Crippen molar-refractivity contribution in [1.82, 2.24) is 0 Å². The molecule has 0 aliphatic heterocycles. The van der Waals surface area contributed by atoms with Crippen LogP contribution in [0, 0.1) is 0 Å². The number of halogens is 1. The maximum absolute atomic E-state index is 11.5. The highest BCUT2D eigenvalue weighted by Crippen LogP contribution is 2.20. The highest BCUT2D eigenvalue weighted by molar-refractivity contribution is 7.86. The van der Waals surface area contributed by atoms with Crippen LogP contribution in [0.1, 0.15) is 33.1 Å². The van der Waals surface area contributed by atoms with E-state index in [1.165, 1.54) is 0 Å². The zero-order valence-electron chi connectivity index (χ0n) is 9.33. The van der Waals surface area contributed by atoms with E-state index in [1.807, 2.05) is 0 Å². The van der Waals surface area contributed by atoms with Gasteiger partial charge in [-0.05, 0) is 33.1 Å². The summed E-state index contributed by atoms with van der Waals surface area (Å²) in [5.74, 6) is 0.309. The zero-order chi connectivity index (χ0) is 11.9. The summed E-state index contributed by atoms with van der Waals surface area (Å²) < 4.78 is 28.0. The molecule has 15 heavy (non-hydrogen) atoms. The van der Waals surface area contributed by atoms with Gasteiger partial charge in [0.25, 0.3) is 10.1 Å². The largest absolute Gasteiger partial charge is 0.267 e. The van der Waals surface area contributed by atoms with Crippen LogP contribution in [0.4, 0.5) is 0 Å². The van der Waals surface area contributed by atoms with Gasteiger partial charge in [0.1, 0.15) is 0 Å². The van der Waals surface area contributed by atoms with Crippen molar-refractivity contribution in [3.05, 3.63) is 12.7 Å². The summed E-state index contributed by atoms with van der Waals surface area (Å²) in [5.41, 5.74) is -0.667. The van der Waals surface area contributed by atoms with Crippen LogP contribution in [0.15, 0.2) is 12.7 Å². The molecule has 0 rings (SSSR count). The number of allylic oxidation sites excluding steroid dienone is 1. The van der Waals surface area contributed by atoms with Gasteiger partial charge >= 0.3 is 0 Å². The second-order valence-electron chi connectivity index (χ2n) is 3.97. The Balaban J connectivity index is 4.23. The molecule has 0 aromatic rings. The first kappa shape index (κ1) is 14.9. The van der Waals surface area contributed by atoms with E-state index in [1.54, 1.807) is 19.9 Å². The average Bonchev–Trinajstić information content (AvgIpc) is 2.10. The maximum Gasteiger partial charge on any atom is 0.267 e. The van der Waals surface area contributed by atoms with Crippen LogP contribution >= 0.6 is 11.6 Å². The van der Waals surface area contributed by atoms with Gasteiger partial charge in [-0.15, -0.1) is 18.2 Å². The van der Waals surface area contributed by atoms with Crippen molar-refractivity contribution in [3.63, 3.8) is 0 Å². The third-order valence-electron chi connectivity index (χ3n) is 1.83. The molecule has 0 aromatic carbocycles. The smallest absolute Gasteiger partial charge is 0.264 e. The maximum atomic E-state index is 11.5. The molecule has 0 saturated heterocycles. The Labute approximate surface area is 97.6 Å². The Hall–Kier alpha value is -0.0600. The lowest BCUT2D eigenvalue weighted by molar-refractivity contribution is 0.109. The molecular weight excluding hydrogens is 236 g/mol. The molecule has 0 heterocycles. The Kier molecular flexibility index (Phi) is 6.48. The predicted octanol–water partition coefficient (Wildman–Crippen LogP) is 2.71. The second kappa shape index (κ2) is 6.51. The molecule has 0 saturated carbocycles. The summed E-state index contributed by atoms with van der Waals surface area (Å²) in [5, 5.41) is 0. The molecule has 0 amide bonds. The number of alkyl halides is 1. The number of hydrogen-bond donors (Lipinski definition) is 0. The van der Waals surface area contributed by atoms with Crippen molar-refractivity contribution >= 4 is 21.7 Å². The fourth-order valence-corrected chi connectivity index (χ4v) is 2.75. The second-order valence-corrected chi connectivity index (χ2v) is 6.04. The SMILES string of the molecule is C=CCCC(C)(C)OS(=O)(=O)CCCCl. The molecule has 0 fully saturated rings. The summed E-state index contributed by atoms with van der Waals surface area (Å²) >= 11 is 5.43. The van der Waals surface area contributed by atoms with E-state index in [-0.39, 0.29) is 5.75 Å². The van der Waals surface area contributed by atoms with Crippen molar-refractivity contribution in [2.45, 2.75) is 38.7 Å². The summed E-state index contributed by atoms with van der Waals surface area (Å²) in [6, 6.07) is 0. The fraction of sp³-hybridized carbons (Fsp3) is 0.800. The first-order valence-electron chi connectivity index (χ1n) is 4.93. The molecule has 0 aromatic heterocycles. The Morgan fingerprint density at radius 3 is 2.53 bits per heavy atom. The molecule has 5 heteroatoms. The predicted molar refractivity (Wildman–Crippen MR) is 63.7 cm³/mol. The molecule has 0 aliphatic rings. The van der Waals surface area contributed by atoms with Gasteiger partial charge in [-0.25, -0.2) is 0 Å². The van der Waals surface area contributed by atoms with Gasteiger partial charge in [0, 0.05) is 5.88 Å². The quantitative estimate of drug-likeness (QED) is 0.380. The van der Waals surface area contributed by atoms with E-state index in [2.05, 4.69) is 6.58 Å². The van der Waals surface area contributed by atoms with Crippen LogP contribution < -0.4 is 0 Å². The van der Waals surface area contributed by atoms with E-state index >= 15 is 0 Å². The highest BCUT2D eigenvalue weighted by atomic mass is 35.5. The standard InChI is InChI=1S/C10H19ClO3S/c1-4-5-7-10(2,3)14-15(12,13)9-6-8-11/h4H,1,5-9H2,2-3H3. The van der Waals surface area contributed by atoms with Gasteiger partial charge in [-0.1, -0.05) is 6.08 Å². The zero-order valence-corrected chi connectivity index (χ0v) is 10.9. The Morgan fingerprint density at radius 2 is 2.07 bits per heavy atom. The average molecular weight is 255 g/mol. The topological polar surface area (TPSA) is 43.4 Å². The van der Waals surface area contributed by atoms with Gasteiger partial charge in [0.15, 0.2) is 0 Å². The fourth-order valence-electron chi connectivity index (χ4n) is 1.11. The molecule has 0 spiro atoms. The minimum absolute atomic E-state index is 0.0198. The molecule has 3 nitrogen and oxygen atoms in total. The lowest BCUT2D eigenvalue weighted by Crippen LogP contribution is -2.29. The normalized spacial score (nSPS) is 12.7. The van der Waals surface area contributed by atoms with Crippen LogP contribution in [0.25, 0.3) is 0 Å². The minimum Gasteiger partial charge on any atom is -0.264 e. The van der Waals surface area contributed by atoms with Crippen LogP contribution in [0.5, 0.6) is 0 Å². The van der Waals surface area contributed by atoms with Gasteiger partial charge in [0.2, 0.25) is 0 Å². The van der Waals surface area contributed by atoms with E-state index < -0.39 is 15.7 Å². The van der Waals surface area contributed by atoms with E-state index in [0.717, 1.165) is 6.42 Å². The first-order chi connectivity index (χ1) is 6.83. The highest BCUT2D eigenvalue weighted by Gasteiger charge is 2.25. The molecular formula is C10H19ClO3S. The summed E-state index contributed by atoms with van der Waals surface area (Å²) in [4.78, 5) is 0. The lowest BCUT2D eigenvalue weighted by atomic mass is 10.0. The Bertz CT molecular complexity index is 283. The van der Waals surface area contributed by atoms with Crippen molar-refractivity contribution in [2.24, 2.45) is 0 Å². The third-order valence-corrected chi connectivity index (χ3v) is 3.59. The summed E-state index contributed by atoms with van der Waals surface area (Å²) in [7, 11) is -3.45. The molecule has 0 unspecified atom stereocenters. The molecule has 0 atom stereocenters. The van der Waals surface area contributed by atoms with Crippen LogP contribution in [0.3, 0.4) is 0 Å². The van der Waals surface area contributed by atoms with Crippen molar-refractivity contribution in [1.29, 1.82) is 0 Å². The summed E-state index contributed by atoms with van der Waals surface area (Å²) in [6.07, 6.45) is 3.53. The minimum atomic E-state index is -3.45. The Morgan fingerprint density at radius 1 is 1.47 bits per heavy atom. The van der Waals surface area contributed by atoms with Crippen LogP contribution in [-0.4, -0.2) is 25.7 Å². The lowest BCUT2D eigenvalue weighted by Gasteiger charge is -2.23. The number of rotatable bonds is 8. The van der Waals surface area contributed by atoms with E-state index in [0.29, 0.717) is 18.7 Å². The van der Waals surface area contributed by atoms with Crippen LogP contribution in [0.2, 0.25) is 0 Å². The first-order valence-corrected chi connectivity index (χ1v) is 7.04. The van der Waals surface area contributed by atoms with Gasteiger partial charge in [0.05, 0.1) is 11.4 Å². The van der Waals surface area contributed by atoms with Crippen LogP contribution in [-0.2, 0) is 14.3 Å². The molecule has 0 bridgehead atoms. The van der Waals surface area contributed by atoms with Crippen molar-refractivity contribution in [3.8, 4) is 0 Å². The van der Waals surface area contributed by atoms with Gasteiger partial charge in [-0.2, -0.15) is 8.42 Å². The molecule has 0 N–H and O–H groups in total. The van der Waals surface area contributed by atoms with E-state index in [9.17, 15) is 8.42 Å². The molecule has 0 radical (unpaired) electrons. The summed E-state index contributed by atoms with van der Waals surface area (Å²) in [6.45, 7) is 7.10. The molecule has 0 aliphatic carbocycles. The van der Waals surface area contributed by atoms with Gasteiger partial charge < -0.3 is 0 Å². The van der Waals surface area contributed by atoms with Gasteiger partial charge in [-0.3, -0.25) is 4.18 Å². The third kappa shape index (κ3) is 7.82. The van der Waals surface area contributed by atoms with Crippen molar-refractivity contribution in [2.75, 3.05) is 11.6 Å². The molecule has 90 valence electrons. The van der Waals surface area contributed by atoms with Crippen molar-refractivity contribution < 1.29 is 12.6 Å².